The van der Waals surface area contributed by atoms with Crippen LogP contribution in [0.2, 0.25) is 0 Å². The average molecular weight is 857 g/mol. The zero-order valence-corrected chi connectivity index (χ0v) is 34.5. The van der Waals surface area contributed by atoms with Crippen LogP contribution in [0.15, 0.2) is 11.6 Å². The van der Waals surface area contributed by atoms with Gasteiger partial charge in [-0.1, -0.05) is 6.92 Å². The highest BCUT2D eigenvalue weighted by Crippen LogP contribution is 2.69. The Labute approximate surface area is 349 Å². The van der Waals surface area contributed by atoms with Gasteiger partial charge in [-0.25, -0.2) is 4.79 Å². The van der Waals surface area contributed by atoms with Gasteiger partial charge in [-0.3, -0.25) is 0 Å². The molecular weight excluding hydrogens is 792 g/mol. The standard InChI is InChI=1S/C42H64O18/c1-19-36(59-39-35(51)33(49)37(28(16-44)58-39)60-38-34(50)32(48)31(47)27(15-43)57-38)26(53-3)14-30(55-19)56-22-6-10-41(18-45)21(13-22)4-5-25-24(41)7-9-40(2)23(8-11-42(25,40)52)20-12-29(46)54-17-20/h12,18-19,21-28,30-39,43-44,47-52H,4-11,13-17H2,1-3H3/t19?,21-,22+,23-,24?,25-,26?,27-,28-,30?,31-,32+,33-,34-,35-,36?,37-,38+,39+,40-,41-,42+/m1/s1. The van der Waals surface area contributed by atoms with Crippen LogP contribution >= 0.6 is 0 Å². The number of methoxy groups -OCH3 is 1. The molecule has 0 aromatic heterocycles. The summed E-state index contributed by atoms with van der Waals surface area (Å²) in [4.78, 5) is 25.2. The Kier molecular flexibility index (Phi) is 13.0. The normalized spacial score (nSPS) is 53.1. The summed E-state index contributed by atoms with van der Waals surface area (Å²) in [6, 6.07) is 0. The van der Waals surface area contributed by atoms with Crippen LogP contribution in [0.1, 0.15) is 78.1 Å². The van der Waals surface area contributed by atoms with Crippen LogP contribution < -0.4 is 0 Å². The van der Waals surface area contributed by atoms with Gasteiger partial charge in [0.15, 0.2) is 18.9 Å². The van der Waals surface area contributed by atoms with Crippen LogP contribution in [0.4, 0.5) is 0 Å². The maximum Gasteiger partial charge on any atom is 0.331 e. The third-order valence-electron chi connectivity index (χ3n) is 16.2. The number of carbonyl (C=O) groups is 2. The summed E-state index contributed by atoms with van der Waals surface area (Å²) in [5.74, 6) is -0.110. The van der Waals surface area contributed by atoms with Gasteiger partial charge < -0.3 is 83.5 Å². The molecular formula is C42H64O18. The molecule has 4 saturated carbocycles. The van der Waals surface area contributed by atoms with Crippen molar-refractivity contribution in [3.05, 3.63) is 11.6 Å². The van der Waals surface area contributed by atoms with Gasteiger partial charge in [-0.05, 0) is 94.0 Å². The van der Waals surface area contributed by atoms with Gasteiger partial charge in [0.1, 0.15) is 67.8 Å². The molecule has 0 spiro atoms. The lowest BCUT2D eigenvalue weighted by Crippen LogP contribution is -2.65. The van der Waals surface area contributed by atoms with Crippen molar-refractivity contribution >= 4 is 12.3 Å². The van der Waals surface area contributed by atoms with Gasteiger partial charge in [0, 0.05) is 30.4 Å². The number of rotatable bonds is 11. The summed E-state index contributed by atoms with van der Waals surface area (Å²) < 4.78 is 47.1. The number of ether oxygens (including phenoxy) is 8. The number of cyclic esters (lactones) is 1. The first-order valence-electron chi connectivity index (χ1n) is 21.8. The smallest absolute Gasteiger partial charge is 0.331 e. The second kappa shape index (κ2) is 17.3. The Balaban J connectivity index is 0.874. The van der Waals surface area contributed by atoms with Gasteiger partial charge in [0.2, 0.25) is 0 Å². The zero-order chi connectivity index (χ0) is 42.9. The summed E-state index contributed by atoms with van der Waals surface area (Å²) in [7, 11) is 1.51. The van der Waals surface area contributed by atoms with E-state index in [1.807, 2.05) is 0 Å². The maximum absolute atomic E-state index is 13.3. The van der Waals surface area contributed by atoms with Crippen LogP contribution in [0.25, 0.3) is 0 Å². The number of fused-ring (bicyclic) bond motifs is 5. The Morgan fingerprint density at radius 1 is 0.783 bits per heavy atom. The second-order valence-corrected chi connectivity index (χ2v) is 18.9. The van der Waals surface area contributed by atoms with E-state index in [2.05, 4.69) is 6.92 Å². The molecule has 340 valence electrons. The Bertz CT molecular complexity index is 1580. The molecule has 4 heterocycles. The first-order chi connectivity index (χ1) is 28.6. The molecule has 0 aromatic rings. The summed E-state index contributed by atoms with van der Waals surface area (Å²) >= 11 is 0. The number of aliphatic hydroxyl groups excluding tert-OH is 7. The molecule has 0 bridgehead atoms. The highest BCUT2D eigenvalue weighted by Gasteiger charge is 2.69. The zero-order valence-electron chi connectivity index (χ0n) is 34.5. The van der Waals surface area contributed by atoms with E-state index in [9.17, 15) is 50.4 Å². The lowest BCUT2D eigenvalue weighted by Gasteiger charge is -2.63. The Morgan fingerprint density at radius 2 is 1.48 bits per heavy atom. The Hall–Kier alpha value is -1.72. The van der Waals surface area contributed by atoms with Crippen molar-refractivity contribution in [2.24, 2.45) is 34.5 Å². The number of esters is 1. The second-order valence-electron chi connectivity index (χ2n) is 18.9. The molecule has 22 atom stereocenters. The number of hydrogen-bond donors (Lipinski definition) is 8. The molecule has 8 rings (SSSR count). The van der Waals surface area contributed by atoms with E-state index >= 15 is 0 Å². The minimum Gasteiger partial charge on any atom is -0.458 e. The van der Waals surface area contributed by atoms with Gasteiger partial charge >= 0.3 is 5.97 Å². The van der Waals surface area contributed by atoms with Crippen molar-refractivity contribution in [2.45, 2.75) is 176 Å². The van der Waals surface area contributed by atoms with E-state index in [-0.39, 0.29) is 48.8 Å². The van der Waals surface area contributed by atoms with E-state index in [4.69, 9.17) is 37.9 Å². The summed E-state index contributed by atoms with van der Waals surface area (Å²) in [6.45, 7) is 2.80. The van der Waals surface area contributed by atoms with Crippen molar-refractivity contribution in [1.29, 1.82) is 0 Å². The van der Waals surface area contributed by atoms with Crippen molar-refractivity contribution in [3.63, 3.8) is 0 Å². The lowest BCUT2D eigenvalue weighted by molar-refractivity contribution is -0.373. The fraction of sp³-hybridized carbons (Fsp3) is 0.905. The fourth-order valence-corrected chi connectivity index (χ4v) is 13.0. The molecule has 5 unspecified atom stereocenters. The van der Waals surface area contributed by atoms with Gasteiger partial charge in [0.05, 0.1) is 37.1 Å². The van der Waals surface area contributed by atoms with E-state index in [1.165, 1.54) is 13.4 Å². The highest BCUT2D eigenvalue weighted by molar-refractivity contribution is 5.85. The van der Waals surface area contributed by atoms with Crippen LogP contribution in [0.5, 0.6) is 0 Å². The van der Waals surface area contributed by atoms with Crippen LogP contribution in [-0.4, -0.2) is 178 Å². The first kappa shape index (κ1) is 44.9. The number of aldehydes is 1. The molecule has 3 saturated heterocycles. The summed E-state index contributed by atoms with van der Waals surface area (Å²) in [5, 5.41) is 85.3. The third-order valence-corrected chi connectivity index (χ3v) is 16.2. The molecule has 8 N–H and O–H groups in total. The predicted molar refractivity (Wildman–Crippen MR) is 202 cm³/mol. The molecule has 18 heteroatoms. The quantitative estimate of drug-likeness (QED) is 0.0701. The fourth-order valence-electron chi connectivity index (χ4n) is 13.0. The van der Waals surface area contributed by atoms with E-state index < -0.39 is 116 Å². The molecule has 0 amide bonds. The van der Waals surface area contributed by atoms with Gasteiger partial charge in [0.25, 0.3) is 0 Å². The molecule has 0 radical (unpaired) electrons. The molecule has 8 aliphatic rings. The minimum atomic E-state index is -1.79. The van der Waals surface area contributed by atoms with E-state index in [0.29, 0.717) is 25.7 Å². The topological polar surface area (TPSA) is 270 Å². The number of hydrogen-bond acceptors (Lipinski definition) is 18. The predicted octanol–water partition coefficient (Wildman–Crippen LogP) is -1.03. The SMILES string of the molecule is COC1CC(O[C@H]2CC[C@]3(C=O)C4CC[C@]5(C)[C@@H](C6=CC(=O)OC6)CC[C@]5(O)[C@@H]4CC[C@@H]3C2)OC(C)C1O[C@@H]1O[C@H](CO)[C@@H](O[C@@H]2O[C@H](CO)[C@@H](O)[C@H](O)[C@H]2O)[C@H](O)[C@H]1O. The summed E-state index contributed by atoms with van der Waals surface area (Å²) in [6.07, 6.45) is -9.10. The van der Waals surface area contributed by atoms with Crippen LogP contribution in [-0.2, 0) is 47.5 Å². The van der Waals surface area contributed by atoms with Gasteiger partial charge in [-0.15, -0.1) is 0 Å². The van der Waals surface area contributed by atoms with E-state index in [1.54, 1.807) is 13.0 Å². The van der Waals surface area contributed by atoms with Crippen LogP contribution in [0, 0.1) is 34.5 Å². The molecule has 4 aliphatic carbocycles. The monoisotopic (exact) mass is 856 g/mol. The minimum absolute atomic E-state index is 0.0120. The lowest BCUT2D eigenvalue weighted by atomic mass is 9.43. The molecule has 7 fully saturated rings. The van der Waals surface area contributed by atoms with Crippen molar-refractivity contribution < 1.29 is 88.3 Å². The number of aliphatic hydroxyl groups is 8. The van der Waals surface area contributed by atoms with Crippen molar-refractivity contribution in [2.75, 3.05) is 26.9 Å². The summed E-state index contributed by atoms with van der Waals surface area (Å²) in [5.41, 5.74) is -0.906. The van der Waals surface area contributed by atoms with Crippen LogP contribution in [0.3, 0.4) is 0 Å². The molecule has 60 heavy (non-hydrogen) atoms. The average Bonchev–Trinajstić information content (AvgIpc) is 3.79. The largest absolute Gasteiger partial charge is 0.458 e. The molecule has 0 aromatic carbocycles. The van der Waals surface area contributed by atoms with Gasteiger partial charge in [-0.2, -0.15) is 0 Å². The third kappa shape index (κ3) is 7.42. The van der Waals surface area contributed by atoms with E-state index in [0.717, 1.165) is 37.7 Å². The van der Waals surface area contributed by atoms with Crippen molar-refractivity contribution in [3.8, 4) is 0 Å². The number of carbonyl (C=O) groups excluding carboxylic acids is 2. The Morgan fingerprint density at radius 3 is 2.15 bits per heavy atom. The van der Waals surface area contributed by atoms with Crippen molar-refractivity contribution in [1.82, 2.24) is 0 Å². The first-order valence-corrected chi connectivity index (χ1v) is 21.8. The maximum atomic E-state index is 13.3. The molecule has 4 aliphatic heterocycles. The molecule has 18 nitrogen and oxygen atoms in total. The highest BCUT2D eigenvalue weighted by atomic mass is 16.8.